The van der Waals surface area contributed by atoms with Gasteiger partial charge in [0.25, 0.3) is 5.91 Å². The minimum Gasteiger partial charge on any atom is -0.435 e. The van der Waals surface area contributed by atoms with E-state index in [1.165, 1.54) is 18.2 Å². The van der Waals surface area contributed by atoms with Crippen LogP contribution in [0.4, 0.5) is 8.78 Å². The van der Waals surface area contributed by atoms with Gasteiger partial charge in [-0.05, 0) is 36.6 Å². The van der Waals surface area contributed by atoms with Crippen molar-refractivity contribution in [3.05, 3.63) is 52.2 Å². The van der Waals surface area contributed by atoms with E-state index in [0.29, 0.717) is 0 Å². The zero-order valence-corrected chi connectivity index (χ0v) is 11.5. The van der Waals surface area contributed by atoms with E-state index >= 15 is 0 Å². The van der Waals surface area contributed by atoms with Crippen LogP contribution in [0.5, 0.6) is 5.75 Å². The average molecular weight is 297 g/mol. The number of nitrogens with one attached hydrogen (secondary N) is 1. The highest BCUT2D eigenvalue weighted by Crippen LogP contribution is 2.20. The van der Waals surface area contributed by atoms with Gasteiger partial charge in [-0.3, -0.25) is 4.79 Å². The molecule has 1 aromatic heterocycles. The highest BCUT2D eigenvalue weighted by Gasteiger charge is 2.13. The van der Waals surface area contributed by atoms with Crippen molar-refractivity contribution in [1.29, 1.82) is 0 Å². The van der Waals surface area contributed by atoms with Crippen LogP contribution >= 0.6 is 11.3 Å². The lowest BCUT2D eigenvalue weighted by molar-refractivity contribution is -0.0498. The fraction of sp³-hybridized carbons (Fsp3) is 0.214. The molecule has 0 aliphatic carbocycles. The summed E-state index contributed by atoms with van der Waals surface area (Å²) < 4.78 is 28.5. The average Bonchev–Trinajstić information content (AvgIpc) is 2.92. The predicted molar refractivity (Wildman–Crippen MR) is 73.3 cm³/mol. The summed E-state index contributed by atoms with van der Waals surface area (Å²) in [5, 5.41) is 4.73. The molecule has 2 rings (SSSR count). The van der Waals surface area contributed by atoms with E-state index in [2.05, 4.69) is 10.1 Å². The normalized spacial score (nSPS) is 12.2. The summed E-state index contributed by atoms with van der Waals surface area (Å²) in [5.74, 6) is -0.359. The van der Waals surface area contributed by atoms with Crippen molar-refractivity contribution in [2.45, 2.75) is 19.6 Å². The first-order valence-electron chi connectivity index (χ1n) is 5.95. The van der Waals surface area contributed by atoms with Crippen LogP contribution in [0.2, 0.25) is 0 Å². The number of thiophene rings is 1. The number of alkyl halides is 2. The molecule has 1 atom stereocenters. The summed E-state index contributed by atoms with van der Waals surface area (Å²) in [7, 11) is 0. The zero-order valence-electron chi connectivity index (χ0n) is 10.7. The molecule has 0 spiro atoms. The summed E-state index contributed by atoms with van der Waals surface area (Å²) in [6, 6.07) is 9.42. The van der Waals surface area contributed by atoms with Gasteiger partial charge in [0, 0.05) is 10.4 Å². The van der Waals surface area contributed by atoms with E-state index in [0.717, 1.165) is 4.88 Å². The molecule has 1 heterocycles. The number of halogens is 2. The van der Waals surface area contributed by atoms with Crippen LogP contribution in [0.15, 0.2) is 41.8 Å². The minimum absolute atomic E-state index is 0.0311. The van der Waals surface area contributed by atoms with E-state index in [1.807, 2.05) is 24.4 Å². The SMILES string of the molecule is CC(NC(=O)c1cccc(OC(F)F)c1)c1cccs1. The molecule has 0 bridgehead atoms. The van der Waals surface area contributed by atoms with Crippen LogP contribution in [0.3, 0.4) is 0 Å². The Morgan fingerprint density at radius 1 is 1.30 bits per heavy atom. The quantitative estimate of drug-likeness (QED) is 0.910. The Labute approximate surface area is 119 Å². The number of hydrogen-bond acceptors (Lipinski definition) is 3. The summed E-state index contributed by atoms with van der Waals surface area (Å²) in [6.45, 7) is -1.04. The molecule has 3 nitrogen and oxygen atoms in total. The van der Waals surface area contributed by atoms with Crippen molar-refractivity contribution in [1.82, 2.24) is 5.32 Å². The summed E-state index contributed by atoms with van der Waals surface area (Å²) in [5.41, 5.74) is 0.284. The van der Waals surface area contributed by atoms with Crippen LogP contribution in [0.25, 0.3) is 0 Å². The van der Waals surface area contributed by atoms with Crippen molar-refractivity contribution < 1.29 is 18.3 Å². The molecule has 0 fully saturated rings. The number of rotatable bonds is 5. The minimum atomic E-state index is -2.90. The number of amides is 1. The third-order valence-corrected chi connectivity index (χ3v) is 3.69. The fourth-order valence-corrected chi connectivity index (χ4v) is 2.44. The van der Waals surface area contributed by atoms with Gasteiger partial charge in [0.2, 0.25) is 0 Å². The van der Waals surface area contributed by atoms with Crippen molar-refractivity contribution in [2.75, 3.05) is 0 Å². The van der Waals surface area contributed by atoms with Gasteiger partial charge >= 0.3 is 6.61 Å². The topological polar surface area (TPSA) is 38.3 Å². The van der Waals surface area contributed by atoms with Gasteiger partial charge in [0.05, 0.1) is 6.04 Å². The Bertz CT molecular complexity index is 572. The molecule has 2 aromatic rings. The second-order valence-corrected chi connectivity index (χ2v) is 5.10. The Kier molecular flexibility index (Phi) is 4.68. The highest BCUT2D eigenvalue weighted by atomic mass is 32.1. The second kappa shape index (κ2) is 6.47. The third kappa shape index (κ3) is 3.77. The van der Waals surface area contributed by atoms with Gasteiger partial charge in [0.1, 0.15) is 5.75 Å². The molecule has 0 radical (unpaired) electrons. The second-order valence-electron chi connectivity index (χ2n) is 4.12. The molecule has 1 aromatic carbocycles. The number of benzene rings is 1. The Hall–Kier alpha value is -1.95. The Morgan fingerprint density at radius 3 is 2.75 bits per heavy atom. The zero-order chi connectivity index (χ0) is 14.5. The predicted octanol–water partition coefficient (Wildman–Crippen LogP) is 3.84. The largest absolute Gasteiger partial charge is 0.435 e. The number of carbonyl (C=O) groups is 1. The van der Waals surface area contributed by atoms with E-state index in [9.17, 15) is 13.6 Å². The van der Waals surface area contributed by atoms with E-state index in [4.69, 9.17) is 0 Å². The summed E-state index contributed by atoms with van der Waals surface area (Å²) in [6.07, 6.45) is 0. The molecule has 0 aliphatic rings. The molecule has 6 heteroatoms. The molecule has 0 saturated carbocycles. The van der Waals surface area contributed by atoms with Crippen LogP contribution in [0.1, 0.15) is 28.2 Å². The fourth-order valence-electron chi connectivity index (χ4n) is 1.70. The molecule has 1 unspecified atom stereocenters. The van der Waals surface area contributed by atoms with Crippen LogP contribution < -0.4 is 10.1 Å². The molecule has 20 heavy (non-hydrogen) atoms. The third-order valence-electron chi connectivity index (χ3n) is 2.64. The van der Waals surface area contributed by atoms with Crippen molar-refractivity contribution in [3.8, 4) is 5.75 Å². The van der Waals surface area contributed by atoms with Gasteiger partial charge in [0.15, 0.2) is 0 Å². The first kappa shape index (κ1) is 14.5. The number of ether oxygens (including phenoxy) is 1. The molecule has 1 N–H and O–H groups in total. The molecule has 1 amide bonds. The van der Waals surface area contributed by atoms with Gasteiger partial charge in [-0.25, -0.2) is 0 Å². The summed E-state index contributed by atoms with van der Waals surface area (Å²) >= 11 is 1.54. The van der Waals surface area contributed by atoms with Crippen LogP contribution in [0, 0.1) is 0 Å². The maximum Gasteiger partial charge on any atom is 0.387 e. The van der Waals surface area contributed by atoms with E-state index in [-0.39, 0.29) is 23.3 Å². The van der Waals surface area contributed by atoms with Gasteiger partial charge in [-0.2, -0.15) is 8.78 Å². The van der Waals surface area contributed by atoms with Gasteiger partial charge in [-0.1, -0.05) is 12.1 Å². The Morgan fingerprint density at radius 2 is 2.10 bits per heavy atom. The number of hydrogen-bond donors (Lipinski definition) is 1. The monoisotopic (exact) mass is 297 g/mol. The van der Waals surface area contributed by atoms with E-state index < -0.39 is 6.61 Å². The maximum absolute atomic E-state index is 12.1. The van der Waals surface area contributed by atoms with E-state index in [1.54, 1.807) is 17.4 Å². The van der Waals surface area contributed by atoms with Crippen LogP contribution in [-0.4, -0.2) is 12.5 Å². The van der Waals surface area contributed by atoms with Crippen molar-refractivity contribution >= 4 is 17.2 Å². The van der Waals surface area contributed by atoms with Gasteiger partial charge < -0.3 is 10.1 Å². The Balaban J connectivity index is 2.05. The lowest BCUT2D eigenvalue weighted by Gasteiger charge is -2.13. The van der Waals surface area contributed by atoms with Crippen molar-refractivity contribution in [2.24, 2.45) is 0 Å². The van der Waals surface area contributed by atoms with Crippen molar-refractivity contribution in [3.63, 3.8) is 0 Å². The first-order valence-corrected chi connectivity index (χ1v) is 6.83. The molecular weight excluding hydrogens is 284 g/mol. The molecule has 0 saturated heterocycles. The van der Waals surface area contributed by atoms with Gasteiger partial charge in [-0.15, -0.1) is 11.3 Å². The first-order chi connectivity index (χ1) is 9.56. The molecule has 0 aliphatic heterocycles. The lowest BCUT2D eigenvalue weighted by Crippen LogP contribution is -2.26. The highest BCUT2D eigenvalue weighted by molar-refractivity contribution is 7.10. The number of carbonyl (C=O) groups excluding carboxylic acids is 1. The maximum atomic E-state index is 12.1. The molecule has 106 valence electrons. The van der Waals surface area contributed by atoms with Crippen LogP contribution in [-0.2, 0) is 0 Å². The standard InChI is InChI=1S/C14H13F2NO2S/c1-9(12-6-3-7-20-12)17-13(18)10-4-2-5-11(8-10)19-14(15)16/h2-9,14H,1H3,(H,17,18). The smallest absolute Gasteiger partial charge is 0.387 e. The molecular formula is C14H13F2NO2S. The lowest BCUT2D eigenvalue weighted by atomic mass is 10.2. The summed E-state index contributed by atoms with van der Waals surface area (Å²) in [4.78, 5) is 13.1.